The summed E-state index contributed by atoms with van der Waals surface area (Å²) in [5.74, 6) is 0.692. The minimum Gasteiger partial charge on any atom is -0.481 e. The van der Waals surface area contributed by atoms with E-state index in [1.54, 1.807) is 18.7 Å². The fraction of sp³-hybridized carbons (Fsp3) is 0.562. The molecule has 124 valence electrons. The molecule has 22 heavy (non-hydrogen) atoms. The molecule has 1 aliphatic heterocycles. The highest BCUT2D eigenvalue weighted by Gasteiger charge is 2.23. The lowest BCUT2D eigenvalue weighted by atomic mass is 10.0. The summed E-state index contributed by atoms with van der Waals surface area (Å²) in [6.07, 6.45) is 3.51. The standard InChI is InChI=1S/C16H24N2O2S.ClH/c1-11-10-13(8-9-17-11)18-16(19)12(2)20-14-4-6-15(21-3)7-5-14;/h4-7,11-13,17H,8-10H2,1-3H3,(H,18,19);1H. The number of carbonyl (C=O) groups is 1. The lowest BCUT2D eigenvalue weighted by molar-refractivity contribution is -0.128. The summed E-state index contributed by atoms with van der Waals surface area (Å²) in [5.41, 5.74) is 0. The molecule has 2 rings (SSSR count). The second kappa shape index (κ2) is 9.28. The third-order valence-corrected chi connectivity index (χ3v) is 4.46. The number of amides is 1. The van der Waals surface area contributed by atoms with Gasteiger partial charge in [-0.15, -0.1) is 24.2 Å². The van der Waals surface area contributed by atoms with E-state index in [4.69, 9.17) is 4.74 Å². The number of thioether (sulfide) groups is 1. The fourth-order valence-electron chi connectivity index (χ4n) is 2.49. The van der Waals surface area contributed by atoms with E-state index in [0.29, 0.717) is 6.04 Å². The van der Waals surface area contributed by atoms with Crippen molar-refractivity contribution in [1.29, 1.82) is 0 Å². The maximum atomic E-state index is 12.2. The number of hydrogen-bond donors (Lipinski definition) is 2. The quantitative estimate of drug-likeness (QED) is 0.806. The lowest BCUT2D eigenvalue weighted by Gasteiger charge is -2.29. The van der Waals surface area contributed by atoms with Gasteiger partial charge in [-0.05, 0) is 63.8 Å². The molecule has 1 saturated heterocycles. The Balaban J connectivity index is 0.00000242. The third-order valence-electron chi connectivity index (χ3n) is 3.71. The Labute approximate surface area is 143 Å². The van der Waals surface area contributed by atoms with Gasteiger partial charge in [0.15, 0.2) is 6.10 Å². The number of carbonyl (C=O) groups excluding carboxylic acids is 1. The molecule has 1 amide bonds. The van der Waals surface area contributed by atoms with Crippen LogP contribution < -0.4 is 15.4 Å². The molecule has 1 aromatic carbocycles. The monoisotopic (exact) mass is 344 g/mol. The predicted molar refractivity (Wildman–Crippen MR) is 94.2 cm³/mol. The predicted octanol–water partition coefficient (Wildman–Crippen LogP) is 2.85. The molecule has 1 aliphatic rings. The maximum absolute atomic E-state index is 12.2. The van der Waals surface area contributed by atoms with Crippen LogP contribution in [0.1, 0.15) is 26.7 Å². The highest BCUT2D eigenvalue weighted by atomic mass is 35.5. The smallest absolute Gasteiger partial charge is 0.260 e. The van der Waals surface area contributed by atoms with Gasteiger partial charge >= 0.3 is 0 Å². The van der Waals surface area contributed by atoms with Crippen molar-refractivity contribution in [3.8, 4) is 5.75 Å². The molecule has 6 heteroatoms. The molecule has 0 saturated carbocycles. The van der Waals surface area contributed by atoms with Crippen LogP contribution in [0.5, 0.6) is 5.75 Å². The van der Waals surface area contributed by atoms with Crippen molar-refractivity contribution in [3.63, 3.8) is 0 Å². The van der Waals surface area contributed by atoms with Gasteiger partial charge in [0.25, 0.3) is 5.91 Å². The molecule has 0 aromatic heterocycles. The van der Waals surface area contributed by atoms with Crippen LogP contribution in [0.15, 0.2) is 29.2 Å². The topological polar surface area (TPSA) is 50.4 Å². The molecule has 0 bridgehead atoms. The van der Waals surface area contributed by atoms with Crippen molar-refractivity contribution >= 4 is 30.1 Å². The number of rotatable bonds is 5. The zero-order valence-corrected chi connectivity index (χ0v) is 14.9. The Morgan fingerprint density at radius 3 is 2.68 bits per heavy atom. The minimum absolute atomic E-state index is 0. The summed E-state index contributed by atoms with van der Waals surface area (Å²) in [7, 11) is 0. The van der Waals surface area contributed by atoms with E-state index in [1.807, 2.05) is 30.5 Å². The number of halogens is 1. The van der Waals surface area contributed by atoms with Crippen LogP contribution in [0.2, 0.25) is 0 Å². The summed E-state index contributed by atoms with van der Waals surface area (Å²) in [4.78, 5) is 13.4. The molecule has 0 spiro atoms. The van der Waals surface area contributed by atoms with Gasteiger partial charge in [-0.2, -0.15) is 0 Å². The summed E-state index contributed by atoms with van der Waals surface area (Å²) < 4.78 is 5.71. The molecule has 1 heterocycles. The van der Waals surface area contributed by atoms with Gasteiger partial charge in [-0.1, -0.05) is 0 Å². The van der Waals surface area contributed by atoms with Gasteiger partial charge in [-0.25, -0.2) is 0 Å². The summed E-state index contributed by atoms with van der Waals surface area (Å²) in [6, 6.07) is 8.51. The number of piperidine rings is 1. The third kappa shape index (κ3) is 5.71. The Kier molecular flexibility index (Phi) is 8.07. The second-order valence-electron chi connectivity index (χ2n) is 5.52. The number of ether oxygens (including phenoxy) is 1. The molecule has 4 nitrogen and oxygen atoms in total. The van der Waals surface area contributed by atoms with Crippen LogP contribution in [0.4, 0.5) is 0 Å². The van der Waals surface area contributed by atoms with Gasteiger partial charge in [0.05, 0.1) is 0 Å². The first-order chi connectivity index (χ1) is 10.1. The number of benzene rings is 1. The van der Waals surface area contributed by atoms with Crippen LogP contribution in [0, 0.1) is 0 Å². The molecular weight excluding hydrogens is 320 g/mol. The summed E-state index contributed by atoms with van der Waals surface area (Å²) in [5, 5.41) is 6.46. The van der Waals surface area contributed by atoms with Gasteiger partial charge in [0, 0.05) is 17.0 Å². The van der Waals surface area contributed by atoms with E-state index in [9.17, 15) is 4.79 Å². The van der Waals surface area contributed by atoms with Crippen molar-refractivity contribution in [2.45, 2.75) is 49.8 Å². The zero-order chi connectivity index (χ0) is 15.2. The number of hydrogen-bond acceptors (Lipinski definition) is 4. The minimum atomic E-state index is -0.477. The summed E-state index contributed by atoms with van der Waals surface area (Å²) in [6.45, 7) is 4.89. The average Bonchev–Trinajstić information content (AvgIpc) is 2.48. The van der Waals surface area contributed by atoms with Gasteiger partial charge in [0.2, 0.25) is 0 Å². The lowest BCUT2D eigenvalue weighted by Crippen LogP contribution is -2.49. The van der Waals surface area contributed by atoms with E-state index >= 15 is 0 Å². The van der Waals surface area contributed by atoms with Crippen LogP contribution in [0.3, 0.4) is 0 Å². The number of nitrogens with one attached hydrogen (secondary N) is 2. The molecule has 0 radical (unpaired) electrons. The Morgan fingerprint density at radius 1 is 1.41 bits per heavy atom. The zero-order valence-electron chi connectivity index (χ0n) is 13.3. The average molecular weight is 345 g/mol. The van der Waals surface area contributed by atoms with Gasteiger partial charge in [-0.3, -0.25) is 4.79 Å². The SMILES string of the molecule is CSc1ccc(OC(C)C(=O)NC2CCNC(C)C2)cc1.Cl. The first-order valence-electron chi connectivity index (χ1n) is 7.43. The van der Waals surface area contributed by atoms with E-state index in [0.717, 1.165) is 25.1 Å². The Bertz CT molecular complexity index is 470. The highest BCUT2D eigenvalue weighted by Crippen LogP contribution is 2.20. The van der Waals surface area contributed by atoms with Crippen molar-refractivity contribution in [2.75, 3.05) is 12.8 Å². The van der Waals surface area contributed by atoms with Crippen molar-refractivity contribution < 1.29 is 9.53 Å². The van der Waals surface area contributed by atoms with Crippen molar-refractivity contribution in [1.82, 2.24) is 10.6 Å². The molecule has 1 fully saturated rings. The molecule has 3 atom stereocenters. The molecule has 1 aromatic rings. The maximum Gasteiger partial charge on any atom is 0.260 e. The fourth-order valence-corrected chi connectivity index (χ4v) is 2.90. The normalized spacial score (nSPS) is 22.3. The van der Waals surface area contributed by atoms with E-state index < -0.39 is 6.10 Å². The van der Waals surface area contributed by atoms with Crippen LogP contribution in [-0.4, -0.2) is 36.9 Å². The Morgan fingerprint density at radius 2 is 2.09 bits per heavy atom. The van der Waals surface area contributed by atoms with Crippen molar-refractivity contribution in [2.24, 2.45) is 0 Å². The molecule has 3 unspecified atom stereocenters. The van der Waals surface area contributed by atoms with E-state index in [2.05, 4.69) is 17.6 Å². The van der Waals surface area contributed by atoms with Gasteiger partial charge < -0.3 is 15.4 Å². The second-order valence-corrected chi connectivity index (χ2v) is 6.40. The largest absolute Gasteiger partial charge is 0.481 e. The van der Waals surface area contributed by atoms with Crippen LogP contribution >= 0.6 is 24.2 Å². The molecular formula is C16H25ClN2O2S. The molecule has 0 aliphatic carbocycles. The van der Waals surface area contributed by atoms with Crippen LogP contribution in [0.25, 0.3) is 0 Å². The van der Waals surface area contributed by atoms with E-state index in [-0.39, 0.29) is 24.4 Å². The Hall–Kier alpha value is -0.910. The summed E-state index contributed by atoms with van der Waals surface area (Å²) >= 11 is 1.69. The first kappa shape index (κ1) is 19.1. The highest BCUT2D eigenvalue weighted by molar-refractivity contribution is 7.98. The van der Waals surface area contributed by atoms with Crippen LogP contribution in [-0.2, 0) is 4.79 Å². The first-order valence-corrected chi connectivity index (χ1v) is 8.65. The van der Waals surface area contributed by atoms with Gasteiger partial charge in [0.1, 0.15) is 5.75 Å². The van der Waals surface area contributed by atoms with Crippen molar-refractivity contribution in [3.05, 3.63) is 24.3 Å². The molecule has 2 N–H and O–H groups in total. The van der Waals surface area contributed by atoms with E-state index in [1.165, 1.54) is 4.90 Å².